The van der Waals surface area contributed by atoms with Crippen molar-refractivity contribution in [2.45, 2.75) is 11.4 Å². The molecular formula is C20H17N3O5S. The number of pyridine rings is 1. The minimum atomic E-state index is -3.84. The molecule has 0 amide bonds. The van der Waals surface area contributed by atoms with Crippen molar-refractivity contribution in [3.8, 4) is 0 Å². The molecule has 2 aromatic heterocycles. The Balaban J connectivity index is 1.87. The van der Waals surface area contributed by atoms with Crippen LogP contribution in [0.15, 0.2) is 64.4 Å². The number of nitrogens with one attached hydrogen (secondary N) is 2. The van der Waals surface area contributed by atoms with Gasteiger partial charge in [-0.25, -0.2) is 13.2 Å². The molecule has 148 valence electrons. The van der Waals surface area contributed by atoms with E-state index in [0.717, 1.165) is 5.56 Å². The van der Waals surface area contributed by atoms with E-state index in [1.165, 1.54) is 35.7 Å². The van der Waals surface area contributed by atoms with E-state index in [1.807, 2.05) is 30.3 Å². The zero-order chi connectivity index (χ0) is 20.8. The topological polar surface area (TPSA) is 123 Å². The minimum absolute atomic E-state index is 0.00863. The van der Waals surface area contributed by atoms with Gasteiger partial charge in [0.2, 0.25) is 10.0 Å². The predicted molar refractivity (Wildman–Crippen MR) is 108 cm³/mol. The number of carbonyl (C=O) groups is 1. The van der Waals surface area contributed by atoms with E-state index in [-0.39, 0.29) is 27.9 Å². The first-order chi connectivity index (χ1) is 13.8. The lowest BCUT2D eigenvalue weighted by molar-refractivity contribution is 0.0699. The molecule has 0 spiro atoms. The molecule has 0 aliphatic carbocycles. The lowest BCUT2D eigenvalue weighted by atomic mass is 10.1. The fourth-order valence-corrected chi connectivity index (χ4v) is 4.53. The lowest BCUT2D eigenvalue weighted by Gasteiger charge is -2.17. The van der Waals surface area contributed by atoms with Crippen LogP contribution in [-0.2, 0) is 16.6 Å². The van der Waals surface area contributed by atoms with E-state index in [4.69, 9.17) is 0 Å². The van der Waals surface area contributed by atoms with Crippen molar-refractivity contribution >= 4 is 37.8 Å². The number of fused-ring (bicyclic) bond motifs is 3. The summed E-state index contributed by atoms with van der Waals surface area (Å²) in [6.07, 6.45) is 1.23. The Hall–Kier alpha value is -3.43. The average Bonchev–Trinajstić information content (AvgIpc) is 3.15. The van der Waals surface area contributed by atoms with E-state index in [1.54, 1.807) is 0 Å². The Morgan fingerprint density at radius 3 is 2.55 bits per heavy atom. The number of aromatic nitrogens is 2. The van der Waals surface area contributed by atoms with Crippen LogP contribution in [0, 0.1) is 0 Å². The van der Waals surface area contributed by atoms with Gasteiger partial charge in [0, 0.05) is 36.1 Å². The molecule has 0 aliphatic rings. The summed E-state index contributed by atoms with van der Waals surface area (Å²) in [6.45, 7) is 0.187. The average molecular weight is 411 g/mol. The zero-order valence-electron chi connectivity index (χ0n) is 15.3. The molecule has 4 aromatic rings. The number of benzene rings is 2. The van der Waals surface area contributed by atoms with Crippen LogP contribution < -0.4 is 5.56 Å². The number of hydrogen-bond acceptors (Lipinski definition) is 4. The number of aromatic carboxylic acids is 1. The van der Waals surface area contributed by atoms with Gasteiger partial charge in [-0.3, -0.25) is 4.79 Å². The summed E-state index contributed by atoms with van der Waals surface area (Å²) in [5, 5.41) is 9.96. The Morgan fingerprint density at radius 1 is 1.14 bits per heavy atom. The quantitative estimate of drug-likeness (QED) is 0.466. The van der Waals surface area contributed by atoms with Crippen molar-refractivity contribution in [3.63, 3.8) is 0 Å². The van der Waals surface area contributed by atoms with Gasteiger partial charge in [-0.15, -0.1) is 0 Å². The van der Waals surface area contributed by atoms with Crippen LogP contribution in [0.1, 0.15) is 15.9 Å². The maximum atomic E-state index is 13.1. The molecule has 0 radical (unpaired) electrons. The molecule has 29 heavy (non-hydrogen) atoms. The third-order valence-electron chi connectivity index (χ3n) is 4.80. The second-order valence-electron chi connectivity index (χ2n) is 6.67. The van der Waals surface area contributed by atoms with Crippen LogP contribution in [0.2, 0.25) is 0 Å². The first-order valence-corrected chi connectivity index (χ1v) is 10.1. The third kappa shape index (κ3) is 3.20. The summed E-state index contributed by atoms with van der Waals surface area (Å²) in [4.78, 5) is 29.1. The monoisotopic (exact) mass is 411 g/mol. The summed E-state index contributed by atoms with van der Waals surface area (Å²) >= 11 is 0. The van der Waals surface area contributed by atoms with Crippen molar-refractivity contribution < 1.29 is 18.3 Å². The summed E-state index contributed by atoms with van der Waals surface area (Å²) in [6, 6.07) is 13.4. The largest absolute Gasteiger partial charge is 0.478 e. The molecule has 2 heterocycles. The van der Waals surface area contributed by atoms with E-state index >= 15 is 0 Å². The lowest BCUT2D eigenvalue weighted by Crippen LogP contribution is -2.26. The number of carboxylic acids is 1. The van der Waals surface area contributed by atoms with Crippen LogP contribution in [-0.4, -0.2) is 40.8 Å². The number of carboxylic acid groups (broad SMARTS) is 1. The number of sulfonamides is 1. The third-order valence-corrected chi connectivity index (χ3v) is 6.60. The summed E-state index contributed by atoms with van der Waals surface area (Å²) in [5.74, 6) is -1.21. The maximum Gasteiger partial charge on any atom is 0.337 e. The zero-order valence-corrected chi connectivity index (χ0v) is 16.2. The number of rotatable bonds is 5. The minimum Gasteiger partial charge on any atom is -0.478 e. The standard InChI is InChI=1S/C20H17N3O5S/c1-23(11-12-5-3-2-4-6-12)29(27,28)13-7-8-16-14(9-13)17-15(20(25)26)10-21-18(17)19(24)22-16/h2-10,21H,11H2,1H3,(H,22,24)(H,25,26). The van der Waals surface area contributed by atoms with E-state index < -0.39 is 21.6 Å². The fourth-order valence-electron chi connectivity index (χ4n) is 3.34. The number of hydrogen-bond donors (Lipinski definition) is 3. The van der Waals surface area contributed by atoms with Crippen molar-refractivity contribution in [2.75, 3.05) is 7.05 Å². The SMILES string of the molecule is CN(Cc1ccccc1)S(=O)(=O)c1ccc2[nH]c(=O)c3[nH]cc(C(=O)O)c3c2c1. The summed E-state index contributed by atoms with van der Waals surface area (Å²) in [5.41, 5.74) is 0.710. The maximum absolute atomic E-state index is 13.1. The highest BCUT2D eigenvalue weighted by Crippen LogP contribution is 2.28. The van der Waals surface area contributed by atoms with E-state index in [9.17, 15) is 23.1 Å². The van der Waals surface area contributed by atoms with Crippen LogP contribution in [0.5, 0.6) is 0 Å². The molecule has 0 aliphatic heterocycles. The van der Waals surface area contributed by atoms with Crippen LogP contribution in [0.3, 0.4) is 0 Å². The summed E-state index contributed by atoms with van der Waals surface area (Å²) in [7, 11) is -2.36. The van der Waals surface area contributed by atoms with Gasteiger partial charge in [0.15, 0.2) is 0 Å². The number of H-pyrrole nitrogens is 2. The van der Waals surface area contributed by atoms with Crippen LogP contribution >= 0.6 is 0 Å². The van der Waals surface area contributed by atoms with E-state index in [0.29, 0.717) is 10.9 Å². The molecule has 0 unspecified atom stereocenters. The Morgan fingerprint density at radius 2 is 1.86 bits per heavy atom. The van der Waals surface area contributed by atoms with Gasteiger partial charge in [0.1, 0.15) is 5.52 Å². The first-order valence-electron chi connectivity index (χ1n) is 8.69. The second-order valence-corrected chi connectivity index (χ2v) is 8.71. The van der Waals surface area contributed by atoms with Crippen molar-refractivity contribution in [1.29, 1.82) is 0 Å². The van der Waals surface area contributed by atoms with Gasteiger partial charge in [0.25, 0.3) is 5.56 Å². The smallest absolute Gasteiger partial charge is 0.337 e. The predicted octanol–water partition coefficient (Wildman–Crippen LogP) is 2.53. The summed E-state index contributed by atoms with van der Waals surface area (Å²) < 4.78 is 27.4. The molecule has 2 aromatic carbocycles. The van der Waals surface area contributed by atoms with E-state index in [2.05, 4.69) is 9.97 Å². The van der Waals surface area contributed by atoms with Gasteiger partial charge in [-0.1, -0.05) is 30.3 Å². The highest BCUT2D eigenvalue weighted by atomic mass is 32.2. The highest BCUT2D eigenvalue weighted by Gasteiger charge is 2.23. The van der Waals surface area contributed by atoms with Gasteiger partial charge in [0.05, 0.1) is 10.5 Å². The molecule has 9 heteroatoms. The molecule has 3 N–H and O–H groups in total. The number of nitrogens with zero attached hydrogens (tertiary/aromatic N) is 1. The highest BCUT2D eigenvalue weighted by molar-refractivity contribution is 7.89. The normalized spacial score (nSPS) is 12.1. The molecule has 8 nitrogen and oxygen atoms in total. The molecular weight excluding hydrogens is 394 g/mol. The fraction of sp³-hybridized carbons (Fsp3) is 0.100. The van der Waals surface area contributed by atoms with Crippen molar-refractivity contribution in [1.82, 2.24) is 14.3 Å². The second kappa shape index (κ2) is 6.87. The van der Waals surface area contributed by atoms with Gasteiger partial charge in [-0.05, 0) is 23.8 Å². The molecule has 0 saturated heterocycles. The Kier molecular flexibility index (Phi) is 4.48. The van der Waals surface area contributed by atoms with Gasteiger partial charge >= 0.3 is 5.97 Å². The first kappa shape index (κ1) is 18.9. The molecule has 4 rings (SSSR count). The van der Waals surface area contributed by atoms with Crippen LogP contribution in [0.4, 0.5) is 0 Å². The van der Waals surface area contributed by atoms with Gasteiger partial charge < -0.3 is 15.1 Å². The molecule has 0 saturated carbocycles. The Labute approximate surface area is 165 Å². The molecule has 0 atom stereocenters. The Bertz CT molecular complexity index is 1400. The van der Waals surface area contributed by atoms with Gasteiger partial charge in [-0.2, -0.15) is 4.31 Å². The van der Waals surface area contributed by atoms with Crippen molar-refractivity contribution in [2.24, 2.45) is 0 Å². The van der Waals surface area contributed by atoms with Crippen molar-refractivity contribution in [3.05, 3.63) is 76.2 Å². The number of aromatic amines is 2. The molecule has 0 bridgehead atoms. The van der Waals surface area contributed by atoms with Crippen LogP contribution in [0.25, 0.3) is 21.8 Å². The molecule has 0 fully saturated rings.